The molecule has 2 aliphatic rings. The van der Waals surface area contributed by atoms with Crippen LogP contribution < -0.4 is 21.1 Å². The van der Waals surface area contributed by atoms with Crippen LogP contribution in [0.5, 0.6) is 0 Å². The molecule has 200 valence electrons. The van der Waals surface area contributed by atoms with E-state index in [2.05, 4.69) is 25.6 Å². The third kappa shape index (κ3) is 4.64. The van der Waals surface area contributed by atoms with Gasteiger partial charge in [-0.15, -0.1) is 0 Å². The van der Waals surface area contributed by atoms with Gasteiger partial charge in [0.15, 0.2) is 5.78 Å². The maximum atomic E-state index is 14.8. The molecule has 2 N–H and O–H groups in total. The van der Waals surface area contributed by atoms with E-state index in [9.17, 15) is 23.2 Å². The highest BCUT2D eigenvalue weighted by Gasteiger charge is 2.46. The van der Waals surface area contributed by atoms with Crippen molar-refractivity contribution < 1.29 is 18.4 Å². The molecule has 5 rings (SSSR count). The Morgan fingerprint density at radius 1 is 1.21 bits per heavy atom. The van der Waals surface area contributed by atoms with Gasteiger partial charge >= 0.3 is 0 Å². The summed E-state index contributed by atoms with van der Waals surface area (Å²) in [6.45, 7) is 6.00. The lowest BCUT2D eigenvalue weighted by molar-refractivity contribution is -0.118. The quantitative estimate of drug-likeness (QED) is 0.486. The number of anilines is 3. The number of nitrogens with zero attached hydrogens (tertiary/aromatic N) is 5. The first-order chi connectivity index (χ1) is 18.1. The zero-order chi connectivity index (χ0) is 27.2. The minimum atomic E-state index is -3.10. The molecule has 3 aromatic rings. The Morgan fingerprint density at radius 3 is 2.66 bits per heavy atom. The number of alkyl halides is 2. The summed E-state index contributed by atoms with van der Waals surface area (Å²) < 4.78 is 30.6. The Labute approximate surface area is 217 Å². The van der Waals surface area contributed by atoms with E-state index >= 15 is 0 Å². The SMILES string of the molecule is CC(=O)c1c(C)c2cnc(Nc3ccc(N4CCN[C@@H](C)CC4=O)cn3)nc2n(C2CCCC2(F)F)c1=O. The number of nitrogens with one attached hydrogen (secondary N) is 2. The van der Waals surface area contributed by atoms with Crippen LogP contribution in [0.2, 0.25) is 0 Å². The Hall–Kier alpha value is -3.80. The topological polar surface area (TPSA) is 122 Å². The summed E-state index contributed by atoms with van der Waals surface area (Å²) in [5, 5.41) is 6.59. The Balaban J connectivity index is 1.51. The monoisotopic (exact) mass is 525 g/mol. The lowest BCUT2D eigenvalue weighted by Gasteiger charge is -2.24. The van der Waals surface area contributed by atoms with E-state index in [1.165, 1.54) is 13.1 Å². The zero-order valence-corrected chi connectivity index (χ0v) is 21.4. The third-order valence-electron chi connectivity index (χ3n) is 7.26. The van der Waals surface area contributed by atoms with Crippen LogP contribution in [0.25, 0.3) is 11.0 Å². The van der Waals surface area contributed by atoms with Gasteiger partial charge in [0, 0.05) is 43.6 Å². The van der Waals surface area contributed by atoms with Gasteiger partial charge in [0.2, 0.25) is 11.9 Å². The van der Waals surface area contributed by atoms with Gasteiger partial charge in [-0.25, -0.2) is 18.7 Å². The molecule has 2 fully saturated rings. The van der Waals surface area contributed by atoms with E-state index in [4.69, 9.17) is 0 Å². The van der Waals surface area contributed by atoms with E-state index in [0.29, 0.717) is 42.0 Å². The first-order valence-electron chi connectivity index (χ1n) is 12.6. The molecule has 1 saturated heterocycles. The Kier molecular flexibility index (Phi) is 6.68. The summed E-state index contributed by atoms with van der Waals surface area (Å²) in [6, 6.07) is 2.12. The summed E-state index contributed by atoms with van der Waals surface area (Å²) in [4.78, 5) is 52.9. The second-order valence-corrected chi connectivity index (χ2v) is 9.96. The maximum absolute atomic E-state index is 14.8. The Bertz CT molecular complexity index is 1470. The number of Topliss-reactive ketones (excluding diaryl/α,β-unsaturated/α-hetero) is 1. The maximum Gasteiger partial charge on any atom is 0.268 e. The number of halogens is 2. The van der Waals surface area contributed by atoms with Crippen LogP contribution >= 0.6 is 0 Å². The van der Waals surface area contributed by atoms with Crippen molar-refractivity contribution in [3.63, 3.8) is 0 Å². The molecule has 3 aromatic heterocycles. The summed E-state index contributed by atoms with van der Waals surface area (Å²) in [5.41, 5.74) is 0.145. The number of hydrogen-bond acceptors (Lipinski definition) is 8. The number of aromatic nitrogens is 4. The molecular formula is C26H29F2N7O3. The number of aryl methyl sites for hydroxylation is 1. The second kappa shape index (κ2) is 9.82. The summed E-state index contributed by atoms with van der Waals surface area (Å²) >= 11 is 0. The molecule has 38 heavy (non-hydrogen) atoms. The molecule has 1 amide bonds. The summed E-state index contributed by atoms with van der Waals surface area (Å²) in [6.07, 6.45) is 3.40. The van der Waals surface area contributed by atoms with Crippen molar-refractivity contribution in [1.82, 2.24) is 24.8 Å². The molecule has 1 saturated carbocycles. The average Bonchev–Trinajstić information content (AvgIpc) is 3.10. The van der Waals surface area contributed by atoms with E-state index < -0.39 is 23.3 Å². The molecule has 2 atom stereocenters. The number of fused-ring (bicyclic) bond motifs is 1. The molecule has 0 aromatic carbocycles. The van der Waals surface area contributed by atoms with Gasteiger partial charge < -0.3 is 15.5 Å². The molecule has 0 bridgehead atoms. The molecule has 12 heteroatoms. The highest BCUT2D eigenvalue weighted by Crippen LogP contribution is 2.44. The van der Waals surface area contributed by atoms with Crippen LogP contribution in [0.15, 0.2) is 29.3 Å². The van der Waals surface area contributed by atoms with E-state index in [1.807, 2.05) is 6.92 Å². The van der Waals surface area contributed by atoms with Gasteiger partial charge in [-0.2, -0.15) is 4.98 Å². The van der Waals surface area contributed by atoms with E-state index in [1.54, 1.807) is 30.2 Å². The first kappa shape index (κ1) is 25.8. The minimum absolute atomic E-state index is 0.00450. The largest absolute Gasteiger partial charge is 0.312 e. The highest BCUT2D eigenvalue weighted by atomic mass is 19.3. The second-order valence-electron chi connectivity index (χ2n) is 9.96. The molecule has 4 heterocycles. The molecule has 0 spiro atoms. The normalized spacial score (nSPS) is 21.5. The van der Waals surface area contributed by atoms with Crippen LogP contribution in [-0.2, 0) is 4.79 Å². The zero-order valence-electron chi connectivity index (χ0n) is 21.4. The van der Waals surface area contributed by atoms with Gasteiger partial charge in [-0.05, 0) is 51.3 Å². The number of carbonyl (C=O) groups excluding carboxylic acids is 2. The average molecular weight is 526 g/mol. The van der Waals surface area contributed by atoms with Crippen molar-refractivity contribution in [3.05, 3.63) is 46.0 Å². The molecule has 10 nitrogen and oxygen atoms in total. The fourth-order valence-corrected chi connectivity index (χ4v) is 5.32. The highest BCUT2D eigenvalue weighted by molar-refractivity contribution is 5.99. The minimum Gasteiger partial charge on any atom is -0.312 e. The number of hydrogen-bond donors (Lipinski definition) is 2. The predicted molar refractivity (Wildman–Crippen MR) is 138 cm³/mol. The lowest BCUT2D eigenvalue weighted by Crippen LogP contribution is -2.37. The van der Waals surface area contributed by atoms with Crippen LogP contribution in [0.3, 0.4) is 0 Å². The predicted octanol–water partition coefficient (Wildman–Crippen LogP) is 3.52. The van der Waals surface area contributed by atoms with E-state index in [0.717, 1.165) is 4.57 Å². The third-order valence-corrected chi connectivity index (χ3v) is 7.26. The fourth-order valence-electron chi connectivity index (χ4n) is 5.32. The molecule has 1 aliphatic heterocycles. The summed E-state index contributed by atoms with van der Waals surface area (Å²) in [7, 11) is 0. The smallest absolute Gasteiger partial charge is 0.268 e. The number of amides is 1. The van der Waals surface area contributed by atoms with Crippen molar-refractivity contribution in [2.45, 2.75) is 64.5 Å². The Morgan fingerprint density at radius 2 is 2.00 bits per heavy atom. The number of pyridine rings is 2. The van der Waals surface area contributed by atoms with Crippen LogP contribution in [0.4, 0.5) is 26.2 Å². The van der Waals surface area contributed by atoms with Crippen molar-refractivity contribution in [2.75, 3.05) is 23.3 Å². The van der Waals surface area contributed by atoms with Gasteiger partial charge in [0.25, 0.3) is 11.5 Å². The van der Waals surface area contributed by atoms with Gasteiger partial charge in [0.05, 0.1) is 17.4 Å². The number of ketones is 1. The van der Waals surface area contributed by atoms with Crippen LogP contribution in [0, 0.1) is 6.92 Å². The van der Waals surface area contributed by atoms with Gasteiger partial charge in [-0.3, -0.25) is 19.0 Å². The fraction of sp³-hybridized carbons (Fsp3) is 0.462. The first-order valence-corrected chi connectivity index (χ1v) is 12.6. The van der Waals surface area contributed by atoms with Crippen molar-refractivity contribution in [2.24, 2.45) is 0 Å². The van der Waals surface area contributed by atoms with Crippen molar-refractivity contribution in [3.8, 4) is 0 Å². The van der Waals surface area contributed by atoms with E-state index in [-0.39, 0.29) is 48.4 Å². The molecule has 0 radical (unpaired) electrons. The van der Waals surface area contributed by atoms with Gasteiger partial charge in [-0.1, -0.05) is 0 Å². The molecule has 1 aliphatic carbocycles. The summed E-state index contributed by atoms with van der Waals surface area (Å²) in [5.74, 6) is -3.16. The van der Waals surface area contributed by atoms with Gasteiger partial charge in [0.1, 0.15) is 17.5 Å². The van der Waals surface area contributed by atoms with Crippen LogP contribution in [-0.4, -0.2) is 56.3 Å². The molecule has 1 unspecified atom stereocenters. The standard InChI is InChI=1S/C26H29F2N7O3/c1-14-11-21(37)34(10-9-29-14)17-6-7-20(30-12-17)32-25-31-13-18-15(2)22(16(3)36)24(38)35(23(18)33-25)19-5-4-8-26(19,27)28/h6-7,12-14,19,29H,4-5,8-11H2,1-3H3,(H,30,31,32,33)/t14-,19?/m0/s1. The number of carbonyl (C=O) groups is 2. The van der Waals surface area contributed by atoms with Crippen LogP contribution in [0.1, 0.15) is 61.5 Å². The van der Waals surface area contributed by atoms with Crippen molar-refractivity contribution in [1.29, 1.82) is 0 Å². The lowest BCUT2D eigenvalue weighted by atomic mass is 10.0. The number of rotatable bonds is 5. The molecular weight excluding hydrogens is 496 g/mol. The van der Waals surface area contributed by atoms with Crippen molar-refractivity contribution >= 4 is 40.2 Å².